The van der Waals surface area contributed by atoms with Crippen LogP contribution in [0.15, 0.2) is 35.0 Å². The molecule has 0 radical (unpaired) electrons. The first-order chi connectivity index (χ1) is 13.3. The Balaban J connectivity index is 1.37. The van der Waals surface area contributed by atoms with Crippen LogP contribution in [0.4, 0.5) is 0 Å². The third-order valence-corrected chi connectivity index (χ3v) is 6.21. The lowest BCUT2D eigenvalue weighted by Gasteiger charge is -2.22. The van der Waals surface area contributed by atoms with Gasteiger partial charge in [-0.25, -0.2) is 9.97 Å². The first-order valence-electron chi connectivity index (χ1n) is 8.62. The molecule has 1 aliphatic carbocycles. The summed E-state index contributed by atoms with van der Waals surface area (Å²) in [4.78, 5) is 9.27. The maximum Gasteiger partial charge on any atom is 0.223 e. The summed E-state index contributed by atoms with van der Waals surface area (Å²) in [5.74, 6) is 7.58. The van der Waals surface area contributed by atoms with Gasteiger partial charge in [-0.15, -0.1) is 32.9 Å². The minimum absolute atomic E-state index is 0.500. The molecule has 3 heterocycles. The van der Waals surface area contributed by atoms with Gasteiger partial charge in [-0.05, 0) is 36.1 Å². The molecule has 3 aromatic heterocycles. The van der Waals surface area contributed by atoms with E-state index in [-0.39, 0.29) is 0 Å². The summed E-state index contributed by atoms with van der Waals surface area (Å²) in [5.41, 5.74) is 3.90. The monoisotopic (exact) mass is 390 g/mol. The molecule has 1 aromatic carbocycles. The highest BCUT2D eigenvalue weighted by molar-refractivity contribution is 7.13. The van der Waals surface area contributed by atoms with Gasteiger partial charge in [0.15, 0.2) is 5.01 Å². The average molecular weight is 390 g/mol. The Hall–Kier alpha value is -2.89. The zero-order valence-electron chi connectivity index (χ0n) is 14.2. The highest BCUT2D eigenvalue weighted by Crippen LogP contribution is 2.36. The van der Waals surface area contributed by atoms with Gasteiger partial charge < -0.3 is 0 Å². The fourth-order valence-corrected chi connectivity index (χ4v) is 4.41. The first-order valence-corrected chi connectivity index (χ1v) is 10.4. The molecule has 0 saturated heterocycles. The van der Waals surface area contributed by atoms with Crippen LogP contribution in [0.1, 0.15) is 41.4 Å². The largest absolute Gasteiger partial charge is 0.233 e. The van der Waals surface area contributed by atoms with Crippen molar-refractivity contribution < 1.29 is 0 Å². The van der Waals surface area contributed by atoms with Crippen LogP contribution in [-0.2, 0) is 0 Å². The van der Waals surface area contributed by atoms with E-state index in [1.165, 1.54) is 25.0 Å². The topological polar surface area (TPSA) is 80.2 Å². The summed E-state index contributed by atoms with van der Waals surface area (Å²) in [5, 5.41) is 19.8. The van der Waals surface area contributed by atoms with Gasteiger partial charge in [0.25, 0.3) is 0 Å². The van der Waals surface area contributed by atoms with Gasteiger partial charge in [0.2, 0.25) is 5.82 Å². The Morgan fingerprint density at radius 3 is 2.85 bits per heavy atom. The number of tetrazole rings is 1. The van der Waals surface area contributed by atoms with Gasteiger partial charge in [-0.1, -0.05) is 24.5 Å². The summed E-state index contributed by atoms with van der Waals surface area (Å²) in [6.45, 7) is 0. The van der Waals surface area contributed by atoms with Gasteiger partial charge in [0.05, 0.1) is 5.69 Å². The Bertz CT molecular complexity index is 1130. The van der Waals surface area contributed by atoms with Gasteiger partial charge in [-0.2, -0.15) is 5.21 Å². The number of H-pyrrole nitrogens is 1. The number of aromatic amines is 1. The number of thiazole rings is 2. The second-order valence-corrected chi connectivity index (χ2v) is 8.03. The van der Waals surface area contributed by atoms with Crippen LogP contribution in [0.25, 0.3) is 22.1 Å². The number of benzene rings is 1. The number of hydrogen-bond acceptors (Lipinski definition) is 7. The molecule has 0 aliphatic heterocycles. The number of aromatic nitrogens is 6. The SMILES string of the molecule is C(#Cc1nc(C2CCC2)cs1)c1cccc(-c2nc(-c3nn[nH]n3)cs2)c1. The molecule has 132 valence electrons. The molecule has 0 bridgehead atoms. The smallest absolute Gasteiger partial charge is 0.223 e. The molecule has 1 aliphatic rings. The van der Waals surface area contributed by atoms with Gasteiger partial charge in [0, 0.05) is 27.8 Å². The van der Waals surface area contributed by atoms with Crippen LogP contribution >= 0.6 is 22.7 Å². The van der Waals surface area contributed by atoms with E-state index in [1.807, 2.05) is 29.6 Å². The summed E-state index contributed by atoms with van der Waals surface area (Å²) < 4.78 is 0. The molecule has 5 rings (SSSR count). The number of hydrogen-bond donors (Lipinski definition) is 1. The van der Waals surface area contributed by atoms with Crippen molar-refractivity contribution in [2.45, 2.75) is 25.2 Å². The molecule has 0 spiro atoms. The third-order valence-electron chi connectivity index (χ3n) is 4.55. The molecular formula is C19H14N6S2. The molecule has 4 aromatic rings. The maximum atomic E-state index is 4.67. The van der Waals surface area contributed by atoms with E-state index >= 15 is 0 Å². The van der Waals surface area contributed by atoms with Crippen molar-refractivity contribution in [2.75, 3.05) is 0 Å². The molecule has 0 unspecified atom stereocenters. The summed E-state index contributed by atoms with van der Waals surface area (Å²) in [6, 6.07) is 8.08. The molecule has 27 heavy (non-hydrogen) atoms. The van der Waals surface area contributed by atoms with Gasteiger partial charge >= 0.3 is 0 Å². The van der Waals surface area contributed by atoms with Crippen LogP contribution in [-0.4, -0.2) is 30.6 Å². The Morgan fingerprint density at radius 2 is 2.04 bits per heavy atom. The van der Waals surface area contributed by atoms with Crippen LogP contribution in [0.2, 0.25) is 0 Å². The highest BCUT2D eigenvalue weighted by Gasteiger charge is 2.21. The van der Waals surface area contributed by atoms with E-state index in [4.69, 9.17) is 0 Å². The van der Waals surface area contributed by atoms with Crippen molar-refractivity contribution in [2.24, 2.45) is 0 Å². The summed E-state index contributed by atoms with van der Waals surface area (Å²) >= 11 is 3.18. The van der Waals surface area contributed by atoms with E-state index < -0.39 is 0 Å². The number of nitrogens with one attached hydrogen (secondary N) is 1. The van der Waals surface area contributed by atoms with Crippen LogP contribution in [0.3, 0.4) is 0 Å². The minimum Gasteiger partial charge on any atom is -0.233 e. The molecule has 1 saturated carbocycles. The van der Waals surface area contributed by atoms with E-state index in [0.29, 0.717) is 17.4 Å². The Kier molecular flexibility index (Phi) is 4.24. The van der Waals surface area contributed by atoms with Crippen molar-refractivity contribution in [3.8, 4) is 33.9 Å². The maximum absolute atomic E-state index is 4.67. The lowest BCUT2D eigenvalue weighted by molar-refractivity contribution is 0.412. The fourth-order valence-electron chi connectivity index (χ4n) is 2.87. The lowest BCUT2D eigenvalue weighted by atomic mass is 9.83. The van der Waals surface area contributed by atoms with E-state index in [0.717, 1.165) is 21.1 Å². The minimum atomic E-state index is 0.500. The van der Waals surface area contributed by atoms with E-state index in [2.05, 4.69) is 47.8 Å². The van der Waals surface area contributed by atoms with Crippen molar-refractivity contribution in [1.82, 2.24) is 30.6 Å². The molecule has 1 N–H and O–H groups in total. The van der Waals surface area contributed by atoms with Crippen molar-refractivity contribution >= 4 is 22.7 Å². The van der Waals surface area contributed by atoms with Gasteiger partial charge in [0.1, 0.15) is 10.7 Å². The standard InChI is InChI=1S/C19H14N6S2/c1-3-12(7-8-17-20-15(10-26-17)13-4-2-5-13)9-14(6-1)19-21-16(11-27-19)18-22-24-25-23-18/h1,3,6,9-11,13H,2,4-5H2,(H,22,23,24,25). The predicted molar refractivity (Wildman–Crippen MR) is 105 cm³/mol. The molecular weight excluding hydrogens is 376 g/mol. The summed E-state index contributed by atoms with van der Waals surface area (Å²) in [7, 11) is 0. The molecule has 8 heteroatoms. The second kappa shape index (κ2) is 7.02. The molecule has 1 fully saturated rings. The lowest BCUT2D eigenvalue weighted by Crippen LogP contribution is -2.08. The highest BCUT2D eigenvalue weighted by atomic mass is 32.1. The van der Waals surface area contributed by atoms with E-state index in [9.17, 15) is 0 Å². The third kappa shape index (κ3) is 3.39. The predicted octanol–water partition coefficient (Wildman–Crippen LogP) is 4.11. The summed E-state index contributed by atoms with van der Waals surface area (Å²) in [6.07, 6.45) is 3.85. The van der Waals surface area contributed by atoms with Crippen molar-refractivity contribution in [3.05, 3.63) is 51.3 Å². The van der Waals surface area contributed by atoms with Crippen LogP contribution < -0.4 is 0 Å². The zero-order chi connectivity index (χ0) is 18.1. The van der Waals surface area contributed by atoms with E-state index in [1.54, 1.807) is 22.7 Å². The molecule has 0 amide bonds. The number of nitrogens with zero attached hydrogens (tertiary/aromatic N) is 5. The fraction of sp³-hybridized carbons (Fsp3) is 0.211. The number of rotatable bonds is 3. The Morgan fingerprint density at radius 1 is 1.07 bits per heavy atom. The average Bonchev–Trinajstić information content (AvgIpc) is 3.39. The Labute approximate surface area is 163 Å². The first kappa shape index (κ1) is 16.3. The normalized spacial score (nSPS) is 13.8. The van der Waals surface area contributed by atoms with Crippen LogP contribution in [0, 0.1) is 11.8 Å². The van der Waals surface area contributed by atoms with Gasteiger partial charge in [-0.3, -0.25) is 0 Å². The van der Waals surface area contributed by atoms with Crippen molar-refractivity contribution in [1.29, 1.82) is 0 Å². The molecule has 6 nitrogen and oxygen atoms in total. The van der Waals surface area contributed by atoms with Crippen molar-refractivity contribution in [3.63, 3.8) is 0 Å². The molecule has 0 atom stereocenters. The van der Waals surface area contributed by atoms with Crippen LogP contribution in [0.5, 0.6) is 0 Å². The zero-order valence-corrected chi connectivity index (χ0v) is 15.8. The second-order valence-electron chi connectivity index (χ2n) is 6.31. The quantitative estimate of drug-likeness (QED) is 0.532.